The Bertz CT molecular complexity index is 712. The van der Waals surface area contributed by atoms with E-state index in [1.807, 2.05) is 25.1 Å². The van der Waals surface area contributed by atoms with Gasteiger partial charge in [0.1, 0.15) is 5.75 Å². The minimum absolute atomic E-state index is 0. The summed E-state index contributed by atoms with van der Waals surface area (Å²) in [6.45, 7) is 2.02. The predicted octanol–water partition coefficient (Wildman–Crippen LogP) is 2.77. The number of amides is 2. The molecule has 2 amide bonds. The van der Waals surface area contributed by atoms with E-state index < -0.39 is 0 Å². The Morgan fingerprint density at radius 3 is 2.70 bits per heavy atom. The molecule has 3 aliphatic rings. The first-order valence-electron chi connectivity index (χ1n) is 9.64. The second-order valence-corrected chi connectivity index (χ2v) is 8.02. The highest BCUT2D eigenvalue weighted by molar-refractivity contribution is 5.95. The van der Waals surface area contributed by atoms with Crippen LogP contribution in [0, 0.1) is 17.8 Å². The third-order valence-corrected chi connectivity index (χ3v) is 6.28. The topological polar surface area (TPSA) is 93.5 Å². The maximum atomic E-state index is 12.8. The Labute approximate surface area is 166 Å². The van der Waals surface area contributed by atoms with Gasteiger partial charge in [0.2, 0.25) is 5.91 Å². The molecule has 2 bridgehead atoms. The van der Waals surface area contributed by atoms with Gasteiger partial charge in [0.15, 0.2) is 6.61 Å². The van der Waals surface area contributed by atoms with Crippen molar-refractivity contribution < 1.29 is 14.3 Å². The summed E-state index contributed by atoms with van der Waals surface area (Å²) in [7, 11) is 0. The molecule has 1 aromatic carbocycles. The monoisotopic (exact) mass is 393 g/mol. The van der Waals surface area contributed by atoms with Crippen LogP contribution in [0.1, 0.15) is 50.6 Å². The third-order valence-electron chi connectivity index (χ3n) is 6.28. The SMILES string of the molecule is CC(NC(=O)C1CC2CCCC(C1)C2N)c1ccc2c(c1)NC(=O)CO2.Cl. The number of nitrogens with one attached hydrogen (secondary N) is 2. The summed E-state index contributed by atoms with van der Waals surface area (Å²) < 4.78 is 5.39. The Morgan fingerprint density at radius 2 is 2.00 bits per heavy atom. The number of anilines is 1. The van der Waals surface area contributed by atoms with Crippen LogP contribution in [0.4, 0.5) is 5.69 Å². The number of halogens is 1. The zero-order valence-corrected chi connectivity index (χ0v) is 16.4. The van der Waals surface area contributed by atoms with Crippen LogP contribution >= 0.6 is 12.4 Å². The van der Waals surface area contributed by atoms with Crippen molar-refractivity contribution in [2.45, 2.75) is 51.1 Å². The van der Waals surface area contributed by atoms with Gasteiger partial charge >= 0.3 is 0 Å². The summed E-state index contributed by atoms with van der Waals surface area (Å²) in [5.74, 6) is 1.68. The summed E-state index contributed by atoms with van der Waals surface area (Å²) >= 11 is 0. The first kappa shape index (κ1) is 20.0. The van der Waals surface area contributed by atoms with Crippen LogP contribution in [-0.4, -0.2) is 24.5 Å². The number of hydrogen-bond acceptors (Lipinski definition) is 4. The molecule has 1 heterocycles. The van der Waals surface area contributed by atoms with Gasteiger partial charge in [-0.25, -0.2) is 0 Å². The molecule has 1 aromatic rings. The minimum Gasteiger partial charge on any atom is -0.482 e. The molecule has 0 radical (unpaired) electrons. The van der Waals surface area contributed by atoms with Gasteiger partial charge in [-0.3, -0.25) is 9.59 Å². The van der Waals surface area contributed by atoms with Crippen LogP contribution in [0.25, 0.3) is 0 Å². The van der Waals surface area contributed by atoms with Gasteiger partial charge < -0.3 is 21.1 Å². The number of benzene rings is 1. The quantitative estimate of drug-likeness (QED) is 0.736. The van der Waals surface area contributed by atoms with Gasteiger partial charge in [0.25, 0.3) is 5.91 Å². The highest BCUT2D eigenvalue weighted by Crippen LogP contribution is 2.42. The fourth-order valence-electron chi connectivity index (χ4n) is 4.79. The van der Waals surface area contributed by atoms with Crippen molar-refractivity contribution in [1.29, 1.82) is 0 Å². The van der Waals surface area contributed by atoms with E-state index in [1.165, 1.54) is 6.42 Å². The van der Waals surface area contributed by atoms with Crippen LogP contribution in [0.5, 0.6) is 5.75 Å². The smallest absolute Gasteiger partial charge is 0.262 e. The fraction of sp³-hybridized carbons (Fsp3) is 0.600. The second-order valence-electron chi connectivity index (χ2n) is 8.02. The number of carbonyl (C=O) groups is 2. The third kappa shape index (κ3) is 4.06. The summed E-state index contributed by atoms with van der Waals surface area (Å²) in [6.07, 6.45) is 5.37. The van der Waals surface area contributed by atoms with E-state index in [0.717, 1.165) is 31.2 Å². The molecule has 148 valence electrons. The van der Waals surface area contributed by atoms with Crippen LogP contribution in [0.3, 0.4) is 0 Å². The molecule has 7 heteroatoms. The van der Waals surface area contributed by atoms with Gasteiger partial charge in [-0.1, -0.05) is 12.5 Å². The van der Waals surface area contributed by atoms with E-state index in [-0.39, 0.29) is 48.8 Å². The van der Waals surface area contributed by atoms with Gasteiger partial charge in [-0.2, -0.15) is 0 Å². The lowest BCUT2D eigenvalue weighted by Crippen LogP contribution is -2.49. The average molecular weight is 394 g/mol. The van der Waals surface area contributed by atoms with Crippen molar-refractivity contribution in [3.8, 4) is 5.75 Å². The molecule has 0 saturated heterocycles. The van der Waals surface area contributed by atoms with E-state index in [1.54, 1.807) is 0 Å². The molecule has 2 fully saturated rings. The number of fused-ring (bicyclic) bond motifs is 3. The molecule has 27 heavy (non-hydrogen) atoms. The number of nitrogens with two attached hydrogens (primary N) is 1. The Morgan fingerprint density at radius 1 is 1.30 bits per heavy atom. The van der Waals surface area contributed by atoms with Gasteiger partial charge in [-0.15, -0.1) is 12.4 Å². The molecule has 2 aliphatic carbocycles. The summed E-state index contributed by atoms with van der Waals surface area (Å²) in [6, 6.07) is 5.81. The lowest BCUT2D eigenvalue weighted by atomic mass is 9.65. The first-order valence-corrected chi connectivity index (χ1v) is 9.64. The van der Waals surface area contributed by atoms with Crippen molar-refractivity contribution in [3.05, 3.63) is 23.8 Å². The number of hydrogen-bond donors (Lipinski definition) is 3. The van der Waals surface area contributed by atoms with Gasteiger partial charge in [0.05, 0.1) is 11.7 Å². The average Bonchev–Trinajstić information content (AvgIpc) is 2.60. The van der Waals surface area contributed by atoms with Gasteiger partial charge in [-0.05, 0) is 62.1 Å². The van der Waals surface area contributed by atoms with E-state index in [4.69, 9.17) is 10.5 Å². The maximum Gasteiger partial charge on any atom is 0.262 e. The molecular weight excluding hydrogens is 366 g/mol. The molecule has 0 spiro atoms. The normalized spacial score (nSPS) is 30.1. The minimum atomic E-state index is -0.156. The van der Waals surface area contributed by atoms with Crippen molar-refractivity contribution in [2.75, 3.05) is 11.9 Å². The molecule has 4 N–H and O–H groups in total. The first-order chi connectivity index (χ1) is 12.5. The molecule has 3 unspecified atom stereocenters. The van der Waals surface area contributed by atoms with Crippen molar-refractivity contribution >= 4 is 29.9 Å². The largest absolute Gasteiger partial charge is 0.482 e. The number of ether oxygens (including phenoxy) is 1. The molecule has 3 atom stereocenters. The van der Waals surface area contributed by atoms with Crippen molar-refractivity contribution in [2.24, 2.45) is 23.5 Å². The van der Waals surface area contributed by atoms with Crippen molar-refractivity contribution in [3.63, 3.8) is 0 Å². The lowest BCUT2D eigenvalue weighted by Gasteiger charge is -2.43. The number of carbonyl (C=O) groups excluding carboxylic acids is 2. The zero-order valence-electron chi connectivity index (χ0n) is 15.6. The Balaban J connectivity index is 0.00000210. The molecule has 0 aromatic heterocycles. The predicted molar refractivity (Wildman–Crippen MR) is 106 cm³/mol. The summed E-state index contributed by atoms with van der Waals surface area (Å²) in [5.41, 5.74) is 7.96. The molecular formula is C20H28ClN3O3. The van der Waals surface area contributed by atoms with E-state index >= 15 is 0 Å². The lowest BCUT2D eigenvalue weighted by molar-refractivity contribution is -0.128. The molecule has 6 nitrogen and oxygen atoms in total. The molecule has 2 saturated carbocycles. The second kappa shape index (κ2) is 8.07. The fourth-order valence-corrected chi connectivity index (χ4v) is 4.79. The Hall–Kier alpha value is -1.79. The van der Waals surface area contributed by atoms with Crippen molar-refractivity contribution in [1.82, 2.24) is 5.32 Å². The van der Waals surface area contributed by atoms with Crippen LogP contribution in [0.15, 0.2) is 18.2 Å². The molecule has 4 rings (SSSR count). The van der Waals surface area contributed by atoms with Crippen LogP contribution in [-0.2, 0) is 9.59 Å². The van der Waals surface area contributed by atoms with E-state index in [0.29, 0.717) is 23.3 Å². The molecule has 1 aliphatic heterocycles. The van der Waals surface area contributed by atoms with Crippen LogP contribution in [0.2, 0.25) is 0 Å². The highest BCUT2D eigenvalue weighted by atomic mass is 35.5. The summed E-state index contributed by atoms with van der Waals surface area (Å²) in [4.78, 5) is 24.3. The van der Waals surface area contributed by atoms with Crippen LogP contribution < -0.4 is 21.1 Å². The highest BCUT2D eigenvalue weighted by Gasteiger charge is 2.40. The summed E-state index contributed by atoms with van der Waals surface area (Å²) in [5, 5.41) is 5.97. The zero-order chi connectivity index (χ0) is 18.3. The number of rotatable bonds is 3. The van der Waals surface area contributed by atoms with E-state index in [2.05, 4.69) is 10.6 Å². The maximum absolute atomic E-state index is 12.8. The Kier molecular flexibility index (Phi) is 5.96. The van der Waals surface area contributed by atoms with Gasteiger partial charge in [0, 0.05) is 12.0 Å². The van der Waals surface area contributed by atoms with E-state index in [9.17, 15) is 9.59 Å². The standard InChI is InChI=1S/C20H27N3O3.ClH/c1-11(12-5-6-17-16(9-12)23-18(24)10-26-17)22-20(25)15-7-13-3-2-4-14(8-15)19(13)21;/h5-6,9,11,13-15,19H,2-4,7-8,10,21H2,1H3,(H,22,25)(H,23,24);1H.